The fraction of sp³-hybridized carbons (Fsp3) is 0.500. The third-order valence-corrected chi connectivity index (χ3v) is 5.61. The van der Waals surface area contributed by atoms with Crippen molar-refractivity contribution in [3.05, 3.63) is 41.7 Å². The van der Waals surface area contributed by atoms with Gasteiger partial charge in [-0.1, -0.05) is 23.4 Å². The van der Waals surface area contributed by atoms with Gasteiger partial charge in [-0.25, -0.2) is 4.68 Å². The zero-order valence-corrected chi connectivity index (χ0v) is 16.1. The van der Waals surface area contributed by atoms with Gasteiger partial charge in [-0.3, -0.25) is 9.59 Å². The van der Waals surface area contributed by atoms with Gasteiger partial charge in [0, 0.05) is 12.2 Å². The second kappa shape index (κ2) is 8.10. The average molecular weight is 382 g/mol. The van der Waals surface area contributed by atoms with Gasteiger partial charge in [0.2, 0.25) is 5.91 Å². The van der Waals surface area contributed by atoms with Gasteiger partial charge in [-0.2, -0.15) is 0 Å². The highest BCUT2D eigenvalue weighted by molar-refractivity contribution is 6.02. The first-order chi connectivity index (χ1) is 13.6. The van der Waals surface area contributed by atoms with Crippen LogP contribution in [0.2, 0.25) is 0 Å². The molecule has 0 radical (unpaired) electrons. The third-order valence-electron chi connectivity index (χ3n) is 5.61. The molecule has 1 unspecified atom stereocenters. The molecule has 2 saturated heterocycles. The minimum absolute atomic E-state index is 0.0748. The van der Waals surface area contributed by atoms with Crippen molar-refractivity contribution >= 4 is 17.5 Å². The van der Waals surface area contributed by atoms with Crippen LogP contribution in [-0.2, 0) is 4.79 Å². The summed E-state index contributed by atoms with van der Waals surface area (Å²) in [4.78, 5) is 27.4. The summed E-state index contributed by atoms with van der Waals surface area (Å²) in [7, 11) is 0. The molecule has 8 heteroatoms. The minimum Gasteiger partial charge on any atom is -0.339 e. The molecule has 0 aliphatic carbocycles. The van der Waals surface area contributed by atoms with Crippen LogP contribution in [0.5, 0.6) is 0 Å². The van der Waals surface area contributed by atoms with Crippen molar-refractivity contribution in [2.24, 2.45) is 0 Å². The first-order valence-electron chi connectivity index (χ1n) is 9.95. The Morgan fingerprint density at radius 1 is 1.18 bits per heavy atom. The Hall–Kier alpha value is -2.74. The predicted octanol–water partition coefficient (Wildman–Crippen LogP) is 1.44. The molecule has 2 aromatic rings. The summed E-state index contributed by atoms with van der Waals surface area (Å²) in [5, 5.41) is 14.5. The smallest absolute Gasteiger partial charge is 0.274 e. The van der Waals surface area contributed by atoms with Crippen LogP contribution >= 0.6 is 0 Å². The van der Waals surface area contributed by atoms with E-state index in [0.29, 0.717) is 18.7 Å². The molecule has 3 heterocycles. The molecule has 2 aliphatic rings. The van der Waals surface area contributed by atoms with Crippen LogP contribution in [0.15, 0.2) is 30.3 Å². The molecule has 2 aliphatic heterocycles. The molecule has 8 nitrogen and oxygen atoms in total. The number of carbonyl (C=O) groups is 2. The fourth-order valence-corrected chi connectivity index (χ4v) is 4.05. The van der Waals surface area contributed by atoms with Crippen molar-refractivity contribution in [2.45, 2.75) is 44.7 Å². The zero-order chi connectivity index (χ0) is 19.5. The Morgan fingerprint density at radius 2 is 1.93 bits per heavy atom. The Labute approximate surface area is 164 Å². The number of nitrogens with one attached hydrogen (secondary N) is 2. The van der Waals surface area contributed by atoms with Crippen LogP contribution in [0.1, 0.15) is 47.9 Å². The molecule has 0 saturated carbocycles. The Kier molecular flexibility index (Phi) is 5.38. The molecule has 2 N–H and O–H groups in total. The zero-order valence-electron chi connectivity index (χ0n) is 16.1. The monoisotopic (exact) mass is 382 g/mol. The van der Waals surface area contributed by atoms with Gasteiger partial charge >= 0.3 is 0 Å². The van der Waals surface area contributed by atoms with E-state index >= 15 is 0 Å². The predicted molar refractivity (Wildman–Crippen MR) is 105 cm³/mol. The number of benzene rings is 1. The van der Waals surface area contributed by atoms with E-state index in [1.54, 1.807) is 4.90 Å². The maximum Gasteiger partial charge on any atom is 0.274 e. The standard InChI is InChI=1S/C20H26N6O2/c1-14-18(23-24-26(14)16-9-11-21-12-10-16)19(27)22-17-8-5-13-25(20(17)28)15-6-3-2-4-7-15/h2-4,6-7,16-17,21H,5,8-13H2,1H3,(H,22,27). The molecule has 2 amide bonds. The quantitative estimate of drug-likeness (QED) is 0.835. The topological polar surface area (TPSA) is 92.2 Å². The number of hydrogen-bond acceptors (Lipinski definition) is 5. The van der Waals surface area contributed by atoms with Crippen molar-refractivity contribution in [1.29, 1.82) is 0 Å². The molecule has 1 atom stereocenters. The van der Waals surface area contributed by atoms with Gasteiger partial charge < -0.3 is 15.5 Å². The Balaban J connectivity index is 1.46. The number of aromatic nitrogens is 3. The van der Waals surface area contributed by atoms with Gasteiger partial charge in [0.1, 0.15) is 6.04 Å². The second-order valence-electron chi connectivity index (χ2n) is 7.44. The van der Waals surface area contributed by atoms with E-state index in [-0.39, 0.29) is 17.9 Å². The third kappa shape index (κ3) is 3.64. The number of hydrogen-bond donors (Lipinski definition) is 2. The minimum atomic E-state index is -0.537. The lowest BCUT2D eigenvalue weighted by Crippen LogP contribution is -2.52. The van der Waals surface area contributed by atoms with Crippen LogP contribution in [0, 0.1) is 6.92 Å². The first kappa shape index (κ1) is 18.6. The molecule has 1 aromatic heterocycles. The number of carbonyl (C=O) groups excluding carboxylic acids is 2. The van der Waals surface area contributed by atoms with E-state index in [4.69, 9.17) is 0 Å². The van der Waals surface area contributed by atoms with Crippen molar-refractivity contribution in [3.63, 3.8) is 0 Å². The van der Waals surface area contributed by atoms with Crippen molar-refractivity contribution in [2.75, 3.05) is 24.5 Å². The summed E-state index contributed by atoms with van der Waals surface area (Å²) < 4.78 is 1.86. The number of amides is 2. The van der Waals surface area contributed by atoms with Crippen LogP contribution in [-0.4, -0.2) is 52.5 Å². The Morgan fingerprint density at radius 3 is 2.68 bits per heavy atom. The molecule has 0 bridgehead atoms. The van der Waals surface area contributed by atoms with E-state index in [1.165, 1.54) is 0 Å². The van der Waals surface area contributed by atoms with Crippen molar-refractivity contribution < 1.29 is 9.59 Å². The summed E-state index contributed by atoms with van der Waals surface area (Å²) in [5.41, 5.74) is 1.93. The maximum atomic E-state index is 12.9. The molecule has 0 spiro atoms. The molecule has 1 aromatic carbocycles. The van der Waals surface area contributed by atoms with Gasteiger partial charge in [-0.15, -0.1) is 5.10 Å². The van der Waals surface area contributed by atoms with Crippen molar-refractivity contribution in [1.82, 2.24) is 25.6 Å². The van der Waals surface area contributed by atoms with Crippen LogP contribution < -0.4 is 15.5 Å². The summed E-state index contributed by atoms with van der Waals surface area (Å²) in [5.74, 6) is -0.403. The van der Waals surface area contributed by atoms with E-state index in [0.717, 1.165) is 43.7 Å². The molecular formula is C20H26N6O2. The Bertz CT molecular complexity index is 844. The number of anilines is 1. The average Bonchev–Trinajstić information content (AvgIpc) is 3.12. The van der Waals surface area contributed by atoms with E-state index in [9.17, 15) is 9.59 Å². The van der Waals surface area contributed by atoms with Crippen molar-refractivity contribution in [3.8, 4) is 0 Å². The fourth-order valence-electron chi connectivity index (χ4n) is 4.05. The molecule has 2 fully saturated rings. The van der Waals surface area contributed by atoms with Crippen LogP contribution in [0.3, 0.4) is 0 Å². The van der Waals surface area contributed by atoms with E-state index in [1.807, 2.05) is 41.9 Å². The molecule has 148 valence electrons. The lowest BCUT2D eigenvalue weighted by atomic mass is 10.0. The molecule has 28 heavy (non-hydrogen) atoms. The largest absolute Gasteiger partial charge is 0.339 e. The highest BCUT2D eigenvalue weighted by Crippen LogP contribution is 2.22. The van der Waals surface area contributed by atoms with Gasteiger partial charge in [0.25, 0.3) is 5.91 Å². The number of para-hydroxylation sites is 1. The van der Waals surface area contributed by atoms with E-state index in [2.05, 4.69) is 20.9 Å². The van der Waals surface area contributed by atoms with E-state index < -0.39 is 6.04 Å². The molecule has 4 rings (SSSR count). The number of piperidine rings is 2. The lowest BCUT2D eigenvalue weighted by Gasteiger charge is -2.32. The number of rotatable bonds is 4. The van der Waals surface area contributed by atoms with Gasteiger partial charge in [0.15, 0.2) is 5.69 Å². The first-order valence-corrected chi connectivity index (χ1v) is 9.95. The summed E-state index contributed by atoms with van der Waals surface area (Å²) >= 11 is 0. The summed E-state index contributed by atoms with van der Waals surface area (Å²) in [6, 6.07) is 9.30. The maximum absolute atomic E-state index is 12.9. The molecular weight excluding hydrogens is 356 g/mol. The van der Waals surface area contributed by atoms with Crippen LogP contribution in [0.4, 0.5) is 5.69 Å². The lowest BCUT2D eigenvalue weighted by molar-refractivity contribution is -0.121. The SMILES string of the molecule is Cc1c(C(=O)NC2CCCN(c3ccccc3)C2=O)nnn1C1CCNCC1. The number of nitrogens with zero attached hydrogens (tertiary/aromatic N) is 4. The highest BCUT2D eigenvalue weighted by atomic mass is 16.2. The normalized spacial score (nSPS) is 21.0. The van der Waals surface area contributed by atoms with Gasteiger partial charge in [0.05, 0.1) is 11.7 Å². The van der Waals surface area contributed by atoms with Crippen LogP contribution in [0.25, 0.3) is 0 Å². The highest BCUT2D eigenvalue weighted by Gasteiger charge is 2.32. The second-order valence-corrected chi connectivity index (χ2v) is 7.44. The summed E-state index contributed by atoms with van der Waals surface area (Å²) in [6.45, 7) is 4.42. The summed E-state index contributed by atoms with van der Waals surface area (Å²) in [6.07, 6.45) is 3.42. The van der Waals surface area contributed by atoms with Gasteiger partial charge in [-0.05, 0) is 57.8 Å².